The Balaban J connectivity index is 4.09. The molecule has 0 aliphatic carbocycles. The molecule has 0 bridgehead atoms. The van der Waals surface area contributed by atoms with Crippen LogP contribution in [0.4, 0.5) is 0 Å². The number of quaternary nitrogens is 1. The number of nitrogens with zero attached hydrogens (tertiary/aromatic N) is 1. The predicted molar refractivity (Wildman–Crippen MR) is 235 cm³/mol. The first-order chi connectivity index (χ1) is 27.6. The minimum atomic E-state index is -1.50. The van der Waals surface area contributed by atoms with Gasteiger partial charge in [0.15, 0.2) is 6.10 Å². The van der Waals surface area contributed by atoms with Crippen molar-refractivity contribution in [1.29, 1.82) is 0 Å². The van der Waals surface area contributed by atoms with Crippen LogP contribution >= 0.6 is 0 Å². The zero-order valence-electron chi connectivity index (χ0n) is 38.3. The molecule has 9 heteroatoms. The minimum Gasteiger partial charge on any atom is -0.477 e. The smallest absolute Gasteiger partial charge is 0.361 e. The summed E-state index contributed by atoms with van der Waals surface area (Å²) in [6.45, 7) is 4.86. The number of unbranched alkanes of at least 4 members (excludes halogenated alkanes) is 30. The molecule has 338 valence electrons. The first-order valence-corrected chi connectivity index (χ1v) is 24.2. The van der Waals surface area contributed by atoms with Crippen LogP contribution in [0, 0.1) is 0 Å². The fraction of sp³-hybridized carbons (Fsp3) is 0.938. The highest BCUT2D eigenvalue weighted by atomic mass is 16.7. The van der Waals surface area contributed by atoms with Gasteiger partial charge in [-0.2, -0.15) is 0 Å². The topological polar surface area (TPSA) is 108 Å². The number of ether oxygens (including phenoxy) is 4. The lowest BCUT2D eigenvalue weighted by molar-refractivity contribution is -0.870. The molecule has 0 saturated carbocycles. The van der Waals surface area contributed by atoms with Crippen LogP contribution in [-0.4, -0.2) is 87.4 Å². The van der Waals surface area contributed by atoms with Gasteiger partial charge in [-0.25, -0.2) is 4.79 Å². The average Bonchev–Trinajstić information content (AvgIpc) is 3.17. The largest absolute Gasteiger partial charge is 0.477 e. The summed E-state index contributed by atoms with van der Waals surface area (Å²) in [5, 5.41) is 9.61. The Hall–Kier alpha value is -1.71. The monoisotopic (exact) mass is 813 g/mol. The first-order valence-electron chi connectivity index (χ1n) is 24.2. The van der Waals surface area contributed by atoms with Crippen LogP contribution in [0.5, 0.6) is 0 Å². The van der Waals surface area contributed by atoms with E-state index in [0.717, 1.165) is 38.5 Å². The summed E-state index contributed by atoms with van der Waals surface area (Å²) >= 11 is 0. The lowest BCUT2D eigenvalue weighted by atomic mass is 10.0. The summed E-state index contributed by atoms with van der Waals surface area (Å²) in [5.41, 5.74) is 0. The molecule has 0 amide bonds. The van der Waals surface area contributed by atoms with Crippen molar-refractivity contribution in [3.8, 4) is 0 Å². The number of likely N-dealkylation sites (N-methyl/N-ethyl adjacent to an activating group) is 1. The molecule has 0 aliphatic heterocycles. The minimum absolute atomic E-state index is 0.175. The Kier molecular flexibility index (Phi) is 39.8. The Morgan fingerprint density at radius 3 is 1.12 bits per heavy atom. The maximum absolute atomic E-state index is 12.7. The molecule has 0 aliphatic rings. The van der Waals surface area contributed by atoms with E-state index < -0.39 is 24.3 Å². The van der Waals surface area contributed by atoms with E-state index >= 15 is 0 Å². The van der Waals surface area contributed by atoms with E-state index in [1.165, 1.54) is 167 Å². The van der Waals surface area contributed by atoms with Gasteiger partial charge >= 0.3 is 17.9 Å². The Morgan fingerprint density at radius 2 is 0.789 bits per heavy atom. The Labute approximate surface area is 352 Å². The molecule has 9 nitrogen and oxygen atoms in total. The SMILES string of the molecule is CCCCCCCCCCCCCCCCCCCCCCCCCCCC(=O)OC(COC(=O)CCCCCCCCC)COC(OCC[N+](C)(C)C)C(=O)O. The molecule has 1 N–H and O–H groups in total. The fourth-order valence-electron chi connectivity index (χ4n) is 7.07. The van der Waals surface area contributed by atoms with Gasteiger partial charge in [-0.3, -0.25) is 9.59 Å². The van der Waals surface area contributed by atoms with Gasteiger partial charge in [0.05, 0.1) is 34.4 Å². The van der Waals surface area contributed by atoms with E-state index in [0.29, 0.717) is 17.4 Å². The summed E-state index contributed by atoms with van der Waals surface area (Å²) in [4.78, 5) is 36.9. The van der Waals surface area contributed by atoms with Crippen LogP contribution in [0.3, 0.4) is 0 Å². The third-order valence-corrected chi connectivity index (χ3v) is 10.9. The summed E-state index contributed by atoms with van der Waals surface area (Å²) in [7, 11) is 5.96. The van der Waals surface area contributed by atoms with E-state index in [4.69, 9.17) is 18.9 Å². The second-order valence-corrected chi connectivity index (χ2v) is 17.8. The average molecular weight is 813 g/mol. The van der Waals surface area contributed by atoms with Crippen molar-refractivity contribution in [1.82, 2.24) is 0 Å². The molecule has 0 aromatic rings. The molecule has 2 atom stereocenters. The van der Waals surface area contributed by atoms with Gasteiger partial charge in [0.1, 0.15) is 13.2 Å². The lowest BCUT2D eigenvalue weighted by Gasteiger charge is -2.25. The molecule has 0 aromatic carbocycles. The number of hydrogen-bond donors (Lipinski definition) is 1. The van der Waals surface area contributed by atoms with Gasteiger partial charge in [0.2, 0.25) is 0 Å². The molecular formula is C48H94NO8+. The second kappa shape index (κ2) is 41.0. The summed E-state index contributed by atoms with van der Waals surface area (Å²) < 4.78 is 22.7. The van der Waals surface area contributed by atoms with E-state index in [2.05, 4.69) is 13.8 Å². The van der Waals surface area contributed by atoms with Crippen LogP contribution in [0.15, 0.2) is 0 Å². The zero-order valence-corrected chi connectivity index (χ0v) is 38.3. The molecule has 2 unspecified atom stereocenters. The molecule has 0 aromatic heterocycles. The van der Waals surface area contributed by atoms with Crippen molar-refractivity contribution in [2.75, 3.05) is 47.5 Å². The second-order valence-electron chi connectivity index (χ2n) is 17.8. The maximum atomic E-state index is 12.7. The van der Waals surface area contributed by atoms with Crippen LogP contribution in [0.1, 0.15) is 232 Å². The predicted octanol–water partition coefficient (Wildman–Crippen LogP) is 12.9. The summed E-state index contributed by atoms with van der Waals surface area (Å²) in [6.07, 6.45) is 39.1. The van der Waals surface area contributed by atoms with Crippen molar-refractivity contribution in [3.05, 3.63) is 0 Å². The standard InChI is InChI=1S/C48H93NO8/c1-6-8-10-12-14-15-16-17-18-19-20-21-22-23-24-25-26-27-28-29-30-31-33-35-37-39-46(51)57-44(42-55-45(50)38-36-34-32-13-11-9-7-2)43-56-48(47(52)53)54-41-40-49(3,4)5/h44,48H,6-43H2,1-5H3/p+1. The van der Waals surface area contributed by atoms with E-state index in [1.54, 1.807) is 0 Å². The highest BCUT2D eigenvalue weighted by Gasteiger charge is 2.25. The van der Waals surface area contributed by atoms with Crippen molar-refractivity contribution in [3.63, 3.8) is 0 Å². The third-order valence-electron chi connectivity index (χ3n) is 10.9. The van der Waals surface area contributed by atoms with Gasteiger partial charge < -0.3 is 28.5 Å². The number of esters is 2. The zero-order chi connectivity index (χ0) is 42.1. The lowest BCUT2D eigenvalue weighted by Crippen LogP contribution is -2.40. The van der Waals surface area contributed by atoms with Crippen molar-refractivity contribution >= 4 is 17.9 Å². The highest BCUT2D eigenvalue weighted by Crippen LogP contribution is 2.17. The van der Waals surface area contributed by atoms with Crippen molar-refractivity contribution in [2.24, 2.45) is 0 Å². The van der Waals surface area contributed by atoms with Crippen molar-refractivity contribution < 1.29 is 42.9 Å². The van der Waals surface area contributed by atoms with E-state index in [-0.39, 0.29) is 32.2 Å². The Bertz CT molecular complexity index is 907. The third kappa shape index (κ3) is 42.2. The molecule has 0 spiro atoms. The van der Waals surface area contributed by atoms with Crippen LogP contribution in [-0.2, 0) is 33.3 Å². The van der Waals surface area contributed by atoms with E-state index in [9.17, 15) is 19.5 Å². The van der Waals surface area contributed by atoms with Gasteiger partial charge in [-0.15, -0.1) is 0 Å². The normalized spacial score (nSPS) is 12.8. The number of carboxylic acid groups (broad SMARTS) is 1. The van der Waals surface area contributed by atoms with Gasteiger partial charge in [0.25, 0.3) is 6.29 Å². The molecule has 57 heavy (non-hydrogen) atoms. The van der Waals surface area contributed by atoms with E-state index in [1.807, 2.05) is 21.1 Å². The molecular weight excluding hydrogens is 719 g/mol. The number of aliphatic carboxylic acids is 1. The van der Waals surface area contributed by atoms with Crippen LogP contribution < -0.4 is 0 Å². The quantitative estimate of drug-likeness (QED) is 0.0280. The van der Waals surface area contributed by atoms with Gasteiger partial charge in [-0.1, -0.05) is 206 Å². The molecule has 0 saturated heterocycles. The Morgan fingerprint density at radius 1 is 0.456 bits per heavy atom. The van der Waals surface area contributed by atoms with Gasteiger partial charge in [0, 0.05) is 12.8 Å². The first kappa shape index (κ1) is 55.3. The van der Waals surface area contributed by atoms with Gasteiger partial charge in [-0.05, 0) is 12.8 Å². The van der Waals surface area contributed by atoms with Crippen molar-refractivity contribution in [2.45, 2.75) is 245 Å². The summed E-state index contributed by atoms with van der Waals surface area (Å²) in [5.74, 6) is -2.00. The van der Waals surface area contributed by atoms with Crippen LogP contribution in [0.2, 0.25) is 0 Å². The fourth-order valence-corrected chi connectivity index (χ4v) is 7.07. The number of hydrogen-bond acceptors (Lipinski definition) is 7. The highest BCUT2D eigenvalue weighted by molar-refractivity contribution is 5.71. The number of carbonyl (C=O) groups excluding carboxylic acids is 2. The van der Waals surface area contributed by atoms with Crippen LogP contribution in [0.25, 0.3) is 0 Å². The molecule has 0 radical (unpaired) electrons. The number of carboxylic acids is 1. The molecule has 0 heterocycles. The number of carbonyl (C=O) groups is 3. The molecule has 0 rings (SSSR count). The number of rotatable bonds is 45. The molecule has 0 fully saturated rings. The maximum Gasteiger partial charge on any atom is 0.361 e. The summed E-state index contributed by atoms with van der Waals surface area (Å²) in [6, 6.07) is 0.